The number of aromatic nitrogens is 3. The standard InChI is InChI=1S/C22H22N4O4/c27-9-10-29-19-5-1-3-16(11-19)17-6-7-21(23-13-17)30-20-14-26(15-20)22(28)12-18-4-2-8-24-25-18/h1-8,11,13,20,27H,9-10,12,14-15H2. The highest BCUT2D eigenvalue weighted by atomic mass is 16.5. The van der Waals surface area contributed by atoms with E-state index in [9.17, 15) is 4.79 Å². The molecular formula is C22H22N4O4. The fourth-order valence-corrected chi connectivity index (χ4v) is 3.13. The first kappa shape index (κ1) is 19.8. The molecule has 1 fully saturated rings. The SMILES string of the molecule is O=C(Cc1cccnn1)N1CC(Oc2ccc(-c3cccc(OCCO)c3)cn2)C1. The molecule has 30 heavy (non-hydrogen) atoms. The lowest BCUT2D eigenvalue weighted by Gasteiger charge is -2.38. The first-order valence-electron chi connectivity index (χ1n) is 9.72. The van der Waals surface area contributed by atoms with Gasteiger partial charge in [0.2, 0.25) is 11.8 Å². The molecule has 0 unspecified atom stereocenters. The summed E-state index contributed by atoms with van der Waals surface area (Å²) in [6.45, 7) is 1.30. The smallest absolute Gasteiger partial charge is 0.228 e. The highest BCUT2D eigenvalue weighted by molar-refractivity contribution is 5.79. The number of hydrogen-bond donors (Lipinski definition) is 1. The third kappa shape index (κ3) is 4.90. The van der Waals surface area contributed by atoms with Crippen molar-refractivity contribution < 1.29 is 19.4 Å². The van der Waals surface area contributed by atoms with Crippen LogP contribution >= 0.6 is 0 Å². The normalized spacial score (nSPS) is 13.6. The fourth-order valence-electron chi connectivity index (χ4n) is 3.13. The Kier molecular flexibility index (Phi) is 6.14. The molecule has 0 bridgehead atoms. The van der Waals surface area contributed by atoms with E-state index in [-0.39, 0.29) is 31.6 Å². The Balaban J connectivity index is 1.28. The van der Waals surface area contributed by atoms with Gasteiger partial charge in [-0.25, -0.2) is 4.98 Å². The summed E-state index contributed by atoms with van der Waals surface area (Å²) in [6, 6.07) is 14.9. The van der Waals surface area contributed by atoms with Crippen LogP contribution in [0.15, 0.2) is 60.9 Å². The number of rotatable bonds is 8. The van der Waals surface area contributed by atoms with Gasteiger partial charge in [-0.05, 0) is 35.9 Å². The van der Waals surface area contributed by atoms with Gasteiger partial charge in [0.1, 0.15) is 18.5 Å². The first-order chi connectivity index (χ1) is 14.7. The van der Waals surface area contributed by atoms with Crippen LogP contribution < -0.4 is 9.47 Å². The first-order valence-corrected chi connectivity index (χ1v) is 9.72. The van der Waals surface area contributed by atoms with Crippen LogP contribution in [0.25, 0.3) is 11.1 Å². The van der Waals surface area contributed by atoms with E-state index in [1.54, 1.807) is 29.4 Å². The maximum Gasteiger partial charge on any atom is 0.228 e. The molecule has 0 atom stereocenters. The van der Waals surface area contributed by atoms with E-state index in [0.29, 0.717) is 30.4 Å². The number of amides is 1. The summed E-state index contributed by atoms with van der Waals surface area (Å²) < 4.78 is 11.3. The van der Waals surface area contributed by atoms with E-state index < -0.39 is 0 Å². The van der Waals surface area contributed by atoms with Crippen molar-refractivity contribution in [1.82, 2.24) is 20.1 Å². The Bertz CT molecular complexity index is 976. The zero-order chi connectivity index (χ0) is 20.8. The average Bonchev–Trinajstić information content (AvgIpc) is 2.76. The minimum absolute atomic E-state index is 0.0157. The van der Waals surface area contributed by atoms with E-state index in [2.05, 4.69) is 15.2 Å². The van der Waals surface area contributed by atoms with Gasteiger partial charge in [-0.3, -0.25) is 4.79 Å². The Morgan fingerprint density at radius 3 is 2.77 bits per heavy atom. The molecule has 2 aromatic heterocycles. The number of carbonyl (C=O) groups is 1. The Hall–Kier alpha value is -3.52. The molecule has 0 spiro atoms. The molecule has 1 saturated heterocycles. The van der Waals surface area contributed by atoms with E-state index in [4.69, 9.17) is 14.6 Å². The number of likely N-dealkylation sites (tertiary alicyclic amines) is 1. The largest absolute Gasteiger partial charge is 0.491 e. The van der Waals surface area contributed by atoms with Gasteiger partial charge in [0.05, 0.1) is 31.8 Å². The Labute approximate surface area is 174 Å². The van der Waals surface area contributed by atoms with Crippen molar-refractivity contribution in [2.75, 3.05) is 26.3 Å². The molecule has 1 amide bonds. The predicted octanol–water partition coefficient (Wildman–Crippen LogP) is 1.74. The van der Waals surface area contributed by atoms with Crippen molar-refractivity contribution in [2.45, 2.75) is 12.5 Å². The third-order valence-electron chi connectivity index (χ3n) is 4.71. The molecule has 154 valence electrons. The van der Waals surface area contributed by atoms with Gasteiger partial charge < -0.3 is 19.5 Å². The van der Waals surface area contributed by atoms with E-state index in [1.807, 2.05) is 36.4 Å². The molecule has 0 aliphatic carbocycles. The lowest BCUT2D eigenvalue weighted by molar-refractivity contribution is -0.139. The van der Waals surface area contributed by atoms with Crippen LogP contribution in [-0.2, 0) is 11.2 Å². The molecule has 3 aromatic rings. The van der Waals surface area contributed by atoms with E-state index in [0.717, 1.165) is 11.1 Å². The fraction of sp³-hybridized carbons (Fsp3) is 0.273. The monoisotopic (exact) mass is 406 g/mol. The van der Waals surface area contributed by atoms with Crippen molar-refractivity contribution in [3.05, 3.63) is 66.6 Å². The number of aliphatic hydroxyl groups is 1. The van der Waals surface area contributed by atoms with E-state index >= 15 is 0 Å². The van der Waals surface area contributed by atoms with Crippen molar-refractivity contribution in [3.8, 4) is 22.8 Å². The molecule has 8 heteroatoms. The Morgan fingerprint density at radius 1 is 1.13 bits per heavy atom. The van der Waals surface area contributed by atoms with Gasteiger partial charge in [0, 0.05) is 24.0 Å². The highest BCUT2D eigenvalue weighted by Crippen LogP contribution is 2.25. The number of benzene rings is 1. The Morgan fingerprint density at radius 2 is 2.03 bits per heavy atom. The second-order valence-electron chi connectivity index (χ2n) is 6.92. The zero-order valence-corrected chi connectivity index (χ0v) is 16.3. The number of pyridine rings is 1. The summed E-state index contributed by atoms with van der Waals surface area (Å²) in [5.74, 6) is 1.24. The van der Waals surface area contributed by atoms with Gasteiger partial charge in [0.25, 0.3) is 0 Å². The minimum Gasteiger partial charge on any atom is -0.491 e. The van der Waals surface area contributed by atoms with Crippen molar-refractivity contribution >= 4 is 5.91 Å². The van der Waals surface area contributed by atoms with Gasteiger partial charge in [0.15, 0.2) is 0 Å². The number of carbonyl (C=O) groups excluding carboxylic acids is 1. The summed E-state index contributed by atoms with van der Waals surface area (Å²) in [7, 11) is 0. The summed E-state index contributed by atoms with van der Waals surface area (Å²) in [6.07, 6.45) is 3.51. The van der Waals surface area contributed by atoms with Gasteiger partial charge in [-0.2, -0.15) is 10.2 Å². The number of ether oxygens (including phenoxy) is 2. The second kappa shape index (κ2) is 9.32. The van der Waals surface area contributed by atoms with Crippen LogP contribution in [0, 0.1) is 0 Å². The van der Waals surface area contributed by atoms with Crippen LogP contribution in [0.2, 0.25) is 0 Å². The minimum atomic E-state index is -0.0654. The average molecular weight is 406 g/mol. The van der Waals surface area contributed by atoms with Crippen LogP contribution in [0.3, 0.4) is 0 Å². The summed E-state index contributed by atoms with van der Waals surface area (Å²) in [4.78, 5) is 18.4. The lowest BCUT2D eigenvalue weighted by atomic mass is 10.1. The maximum absolute atomic E-state index is 12.3. The van der Waals surface area contributed by atoms with Gasteiger partial charge in [-0.15, -0.1) is 0 Å². The predicted molar refractivity (Wildman–Crippen MR) is 109 cm³/mol. The van der Waals surface area contributed by atoms with Crippen molar-refractivity contribution in [1.29, 1.82) is 0 Å². The van der Waals surface area contributed by atoms with E-state index in [1.165, 1.54) is 0 Å². The quantitative estimate of drug-likeness (QED) is 0.608. The highest BCUT2D eigenvalue weighted by Gasteiger charge is 2.32. The molecule has 1 aliphatic rings. The number of nitrogens with zero attached hydrogens (tertiary/aromatic N) is 4. The lowest BCUT2D eigenvalue weighted by Crippen LogP contribution is -2.56. The van der Waals surface area contributed by atoms with Crippen molar-refractivity contribution in [3.63, 3.8) is 0 Å². The number of aliphatic hydroxyl groups excluding tert-OH is 1. The molecule has 1 aromatic carbocycles. The topological polar surface area (TPSA) is 97.7 Å². The molecule has 0 radical (unpaired) electrons. The maximum atomic E-state index is 12.3. The van der Waals surface area contributed by atoms with Gasteiger partial charge >= 0.3 is 0 Å². The van der Waals surface area contributed by atoms with Crippen LogP contribution in [0.4, 0.5) is 0 Å². The second-order valence-corrected chi connectivity index (χ2v) is 6.92. The molecule has 3 heterocycles. The molecule has 8 nitrogen and oxygen atoms in total. The molecule has 0 saturated carbocycles. The molecule has 1 aliphatic heterocycles. The zero-order valence-electron chi connectivity index (χ0n) is 16.3. The van der Waals surface area contributed by atoms with Crippen LogP contribution in [0.5, 0.6) is 11.6 Å². The van der Waals surface area contributed by atoms with Gasteiger partial charge in [-0.1, -0.05) is 12.1 Å². The van der Waals surface area contributed by atoms with Crippen molar-refractivity contribution in [2.24, 2.45) is 0 Å². The van der Waals surface area contributed by atoms with Crippen LogP contribution in [0.1, 0.15) is 5.69 Å². The summed E-state index contributed by atoms with van der Waals surface area (Å²) in [5, 5.41) is 16.6. The summed E-state index contributed by atoms with van der Waals surface area (Å²) >= 11 is 0. The molecule has 1 N–H and O–H groups in total. The summed E-state index contributed by atoms with van der Waals surface area (Å²) in [5.41, 5.74) is 2.56. The van der Waals surface area contributed by atoms with Crippen LogP contribution in [-0.4, -0.2) is 63.5 Å². The number of hydrogen-bond acceptors (Lipinski definition) is 7. The third-order valence-corrected chi connectivity index (χ3v) is 4.71. The molecular weight excluding hydrogens is 384 g/mol. The molecule has 4 rings (SSSR count).